The summed E-state index contributed by atoms with van der Waals surface area (Å²) in [4.78, 5) is 1.16. The van der Waals surface area contributed by atoms with E-state index in [9.17, 15) is 0 Å². The van der Waals surface area contributed by atoms with Crippen molar-refractivity contribution >= 4 is 21.4 Å². The number of nitriles is 1. The number of thiophene rings is 1. The third-order valence-corrected chi connectivity index (χ3v) is 4.13. The van der Waals surface area contributed by atoms with Gasteiger partial charge in [-0.15, -0.1) is 11.3 Å². The van der Waals surface area contributed by atoms with E-state index in [-0.39, 0.29) is 0 Å². The lowest BCUT2D eigenvalue weighted by molar-refractivity contribution is 1.49. The molecular weight excluding hydrogens is 238 g/mol. The Labute approximate surface area is 110 Å². The molecule has 18 heavy (non-hydrogen) atoms. The van der Waals surface area contributed by atoms with Crippen LogP contribution in [0.25, 0.3) is 20.5 Å². The highest BCUT2D eigenvalue weighted by Crippen LogP contribution is 2.35. The Morgan fingerprint density at radius 2 is 1.89 bits per heavy atom. The number of rotatable bonds is 1. The molecule has 1 heterocycles. The highest BCUT2D eigenvalue weighted by Gasteiger charge is 2.08. The summed E-state index contributed by atoms with van der Waals surface area (Å²) in [6.07, 6.45) is 0. The van der Waals surface area contributed by atoms with Crippen molar-refractivity contribution in [2.24, 2.45) is 0 Å². The summed E-state index contributed by atoms with van der Waals surface area (Å²) in [5.41, 5.74) is 3.03. The van der Waals surface area contributed by atoms with Gasteiger partial charge in [-0.25, -0.2) is 0 Å². The second kappa shape index (κ2) is 4.29. The first-order chi connectivity index (χ1) is 8.78. The highest BCUT2D eigenvalue weighted by atomic mass is 32.1. The van der Waals surface area contributed by atoms with Gasteiger partial charge >= 0.3 is 0 Å². The Balaban J connectivity index is 2.23. The maximum absolute atomic E-state index is 9.15. The first-order valence-corrected chi connectivity index (χ1v) is 6.59. The number of aryl methyl sites for hydroxylation is 1. The molecule has 0 spiro atoms. The van der Waals surface area contributed by atoms with Crippen molar-refractivity contribution in [1.82, 2.24) is 0 Å². The van der Waals surface area contributed by atoms with Gasteiger partial charge in [0.05, 0.1) is 11.6 Å². The molecule has 3 aromatic rings. The standard InChI is InChI=1S/C16H11NS/c1-11-6-7-15-13(8-11)9-16(18-15)14-5-3-2-4-12(14)10-17/h2-9H,1H3. The molecule has 0 aliphatic carbocycles. The van der Waals surface area contributed by atoms with Crippen LogP contribution in [0.1, 0.15) is 11.1 Å². The quantitative estimate of drug-likeness (QED) is 0.610. The van der Waals surface area contributed by atoms with Crippen LogP contribution in [0.4, 0.5) is 0 Å². The second-order valence-electron chi connectivity index (χ2n) is 4.31. The van der Waals surface area contributed by atoms with Crippen LogP contribution in [0.2, 0.25) is 0 Å². The van der Waals surface area contributed by atoms with Crippen molar-refractivity contribution in [1.29, 1.82) is 5.26 Å². The zero-order valence-corrected chi connectivity index (χ0v) is 10.8. The summed E-state index contributed by atoms with van der Waals surface area (Å²) >= 11 is 1.74. The molecule has 0 bridgehead atoms. The van der Waals surface area contributed by atoms with Gasteiger partial charge in [0.2, 0.25) is 0 Å². The molecule has 0 aliphatic heterocycles. The lowest BCUT2D eigenvalue weighted by atomic mass is 10.1. The van der Waals surface area contributed by atoms with Crippen LogP contribution in [0.5, 0.6) is 0 Å². The fourth-order valence-electron chi connectivity index (χ4n) is 2.09. The number of nitrogens with zero attached hydrogens (tertiary/aromatic N) is 1. The topological polar surface area (TPSA) is 23.8 Å². The summed E-state index contributed by atoms with van der Waals surface area (Å²) < 4.78 is 1.27. The van der Waals surface area contributed by atoms with Crippen LogP contribution in [-0.2, 0) is 0 Å². The zero-order valence-electron chi connectivity index (χ0n) is 9.97. The first kappa shape index (κ1) is 11.0. The Kier molecular flexibility index (Phi) is 2.62. The third kappa shape index (κ3) is 1.79. The van der Waals surface area contributed by atoms with Crippen molar-refractivity contribution < 1.29 is 0 Å². The van der Waals surface area contributed by atoms with Crippen molar-refractivity contribution in [3.05, 3.63) is 59.7 Å². The molecule has 0 atom stereocenters. The SMILES string of the molecule is Cc1ccc2sc(-c3ccccc3C#N)cc2c1. The van der Waals surface area contributed by atoms with E-state index in [2.05, 4.69) is 37.3 Å². The third-order valence-electron chi connectivity index (χ3n) is 2.98. The molecule has 0 saturated heterocycles. The van der Waals surface area contributed by atoms with Gasteiger partial charge in [-0.05, 0) is 30.5 Å². The monoisotopic (exact) mass is 249 g/mol. The van der Waals surface area contributed by atoms with E-state index in [1.54, 1.807) is 11.3 Å². The molecule has 0 N–H and O–H groups in total. The molecule has 0 aliphatic rings. The number of hydrogen-bond donors (Lipinski definition) is 0. The Morgan fingerprint density at radius 1 is 1.06 bits per heavy atom. The van der Waals surface area contributed by atoms with E-state index in [1.165, 1.54) is 15.6 Å². The minimum absolute atomic E-state index is 0.737. The van der Waals surface area contributed by atoms with Crippen molar-refractivity contribution in [2.75, 3.05) is 0 Å². The van der Waals surface area contributed by atoms with Gasteiger partial charge < -0.3 is 0 Å². The zero-order chi connectivity index (χ0) is 12.5. The fraction of sp³-hybridized carbons (Fsp3) is 0.0625. The number of hydrogen-bond acceptors (Lipinski definition) is 2. The van der Waals surface area contributed by atoms with E-state index < -0.39 is 0 Å². The molecule has 1 aromatic heterocycles. The van der Waals surface area contributed by atoms with Crippen molar-refractivity contribution in [3.8, 4) is 16.5 Å². The van der Waals surface area contributed by atoms with Crippen LogP contribution < -0.4 is 0 Å². The average molecular weight is 249 g/mol. The summed E-state index contributed by atoms with van der Waals surface area (Å²) in [6.45, 7) is 2.10. The molecule has 3 rings (SSSR count). The summed E-state index contributed by atoms with van der Waals surface area (Å²) in [7, 11) is 0. The predicted octanol–water partition coefficient (Wildman–Crippen LogP) is 4.75. The minimum Gasteiger partial charge on any atom is -0.192 e. The molecule has 0 fully saturated rings. The molecule has 0 unspecified atom stereocenters. The second-order valence-corrected chi connectivity index (χ2v) is 5.39. The van der Waals surface area contributed by atoms with E-state index in [0.29, 0.717) is 0 Å². The van der Waals surface area contributed by atoms with Gasteiger partial charge in [0.15, 0.2) is 0 Å². The molecule has 2 heteroatoms. The van der Waals surface area contributed by atoms with Crippen molar-refractivity contribution in [3.63, 3.8) is 0 Å². The van der Waals surface area contributed by atoms with E-state index in [4.69, 9.17) is 5.26 Å². The van der Waals surface area contributed by atoms with Gasteiger partial charge in [-0.2, -0.15) is 5.26 Å². The molecule has 1 nitrogen and oxygen atoms in total. The van der Waals surface area contributed by atoms with E-state index >= 15 is 0 Å². The summed E-state index contributed by atoms with van der Waals surface area (Å²) in [6, 6.07) is 18.6. The number of fused-ring (bicyclic) bond motifs is 1. The van der Waals surface area contributed by atoms with Crippen LogP contribution in [0, 0.1) is 18.3 Å². The average Bonchev–Trinajstić information content (AvgIpc) is 2.81. The maximum Gasteiger partial charge on any atom is 0.0998 e. The predicted molar refractivity (Wildman–Crippen MR) is 76.7 cm³/mol. The largest absolute Gasteiger partial charge is 0.192 e. The molecule has 2 aromatic carbocycles. The molecule has 0 amide bonds. The summed E-state index contributed by atoms with van der Waals surface area (Å²) in [5, 5.41) is 10.4. The minimum atomic E-state index is 0.737. The normalized spacial score (nSPS) is 10.4. The van der Waals surface area contributed by atoms with Gasteiger partial charge in [0.1, 0.15) is 0 Å². The van der Waals surface area contributed by atoms with Gasteiger partial charge in [0.25, 0.3) is 0 Å². The Morgan fingerprint density at radius 3 is 2.72 bits per heavy atom. The highest BCUT2D eigenvalue weighted by molar-refractivity contribution is 7.22. The molecule has 86 valence electrons. The van der Waals surface area contributed by atoms with E-state index in [0.717, 1.165) is 16.0 Å². The molecule has 0 radical (unpaired) electrons. The van der Waals surface area contributed by atoms with Gasteiger partial charge in [-0.1, -0.05) is 35.9 Å². The smallest absolute Gasteiger partial charge is 0.0998 e. The lowest BCUT2D eigenvalue weighted by Crippen LogP contribution is -1.79. The molecular formula is C16H11NS. The lowest BCUT2D eigenvalue weighted by Gasteiger charge is -1.98. The molecule has 0 saturated carbocycles. The van der Waals surface area contributed by atoms with Gasteiger partial charge in [-0.3, -0.25) is 0 Å². The number of benzene rings is 2. The first-order valence-electron chi connectivity index (χ1n) is 5.77. The van der Waals surface area contributed by atoms with Crippen LogP contribution in [-0.4, -0.2) is 0 Å². The van der Waals surface area contributed by atoms with Gasteiger partial charge in [0, 0.05) is 15.1 Å². The van der Waals surface area contributed by atoms with Crippen molar-refractivity contribution in [2.45, 2.75) is 6.92 Å². The van der Waals surface area contributed by atoms with Crippen LogP contribution in [0.3, 0.4) is 0 Å². The Hall–Kier alpha value is -2.11. The van der Waals surface area contributed by atoms with Crippen LogP contribution >= 0.6 is 11.3 Å². The van der Waals surface area contributed by atoms with Crippen LogP contribution in [0.15, 0.2) is 48.5 Å². The van der Waals surface area contributed by atoms with E-state index in [1.807, 2.05) is 24.3 Å². The summed E-state index contributed by atoms with van der Waals surface area (Å²) in [5.74, 6) is 0. The fourth-order valence-corrected chi connectivity index (χ4v) is 3.17. The Bertz CT molecular complexity index is 762. The maximum atomic E-state index is 9.15.